The second-order valence-electron chi connectivity index (χ2n) is 6.13. The minimum Gasteiger partial charge on any atom is -0.495 e. The number of nitrogens with one attached hydrogen (secondary N) is 1. The van der Waals surface area contributed by atoms with E-state index in [0.29, 0.717) is 11.8 Å². The molecular weight excluding hydrogens is 278 g/mol. The molecule has 1 aromatic rings. The maximum absolute atomic E-state index is 12.6. The van der Waals surface area contributed by atoms with Gasteiger partial charge in [-0.1, -0.05) is 12.1 Å². The number of urea groups is 1. The highest BCUT2D eigenvalue weighted by Crippen LogP contribution is 2.26. The van der Waals surface area contributed by atoms with Crippen molar-refractivity contribution in [2.75, 3.05) is 38.6 Å². The van der Waals surface area contributed by atoms with E-state index in [4.69, 9.17) is 4.74 Å². The van der Waals surface area contributed by atoms with E-state index in [1.165, 1.54) is 25.9 Å². The van der Waals surface area contributed by atoms with Gasteiger partial charge in [0, 0.05) is 19.1 Å². The molecule has 3 rings (SSSR count). The number of carbonyl (C=O) groups excluding carboxylic acids is 1. The number of likely N-dealkylation sites (tertiary alicyclic amines) is 2. The fourth-order valence-corrected chi connectivity index (χ4v) is 3.49. The van der Waals surface area contributed by atoms with E-state index in [1.54, 1.807) is 7.11 Å². The van der Waals surface area contributed by atoms with Crippen molar-refractivity contribution in [2.45, 2.75) is 31.7 Å². The fourth-order valence-electron chi connectivity index (χ4n) is 3.49. The number of para-hydroxylation sites is 2. The maximum atomic E-state index is 12.6. The summed E-state index contributed by atoms with van der Waals surface area (Å²) in [6.07, 6.45) is 4.79. The van der Waals surface area contributed by atoms with E-state index in [9.17, 15) is 4.79 Å². The summed E-state index contributed by atoms with van der Waals surface area (Å²) in [5.74, 6) is 0.700. The van der Waals surface area contributed by atoms with Crippen molar-refractivity contribution in [1.82, 2.24) is 9.80 Å². The zero-order valence-electron chi connectivity index (χ0n) is 13.3. The fraction of sp³-hybridized carbons (Fsp3) is 0.588. The molecule has 120 valence electrons. The zero-order valence-corrected chi connectivity index (χ0v) is 13.3. The molecule has 1 atom stereocenters. The number of benzene rings is 1. The molecule has 0 aliphatic carbocycles. The molecule has 1 N–H and O–H groups in total. The molecule has 2 aliphatic rings. The minimum atomic E-state index is -0.00815. The van der Waals surface area contributed by atoms with E-state index >= 15 is 0 Å². The monoisotopic (exact) mass is 303 g/mol. The minimum absolute atomic E-state index is 0.00815. The van der Waals surface area contributed by atoms with Gasteiger partial charge in [0.2, 0.25) is 0 Å². The summed E-state index contributed by atoms with van der Waals surface area (Å²) in [7, 11) is 1.62. The molecule has 0 saturated carbocycles. The molecule has 5 nitrogen and oxygen atoms in total. The van der Waals surface area contributed by atoms with Crippen LogP contribution in [-0.2, 0) is 0 Å². The third kappa shape index (κ3) is 3.35. The lowest BCUT2D eigenvalue weighted by Crippen LogP contribution is -2.44. The first-order valence-corrected chi connectivity index (χ1v) is 8.21. The highest BCUT2D eigenvalue weighted by atomic mass is 16.5. The number of methoxy groups -OCH3 is 1. The molecule has 0 radical (unpaired) electrons. The third-order valence-electron chi connectivity index (χ3n) is 4.65. The van der Waals surface area contributed by atoms with Gasteiger partial charge in [-0.2, -0.15) is 0 Å². The first-order chi connectivity index (χ1) is 10.8. The molecule has 1 aromatic carbocycles. The van der Waals surface area contributed by atoms with E-state index < -0.39 is 0 Å². The number of hydrogen-bond donors (Lipinski definition) is 1. The van der Waals surface area contributed by atoms with Gasteiger partial charge in [0.1, 0.15) is 5.75 Å². The Bertz CT molecular complexity index is 514. The van der Waals surface area contributed by atoms with Gasteiger partial charge >= 0.3 is 6.03 Å². The van der Waals surface area contributed by atoms with Crippen LogP contribution in [0.4, 0.5) is 10.5 Å². The molecule has 0 bridgehead atoms. The molecule has 0 spiro atoms. The summed E-state index contributed by atoms with van der Waals surface area (Å²) in [4.78, 5) is 17.1. The van der Waals surface area contributed by atoms with Crippen LogP contribution in [0.3, 0.4) is 0 Å². The second kappa shape index (κ2) is 7.01. The quantitative estimate of drug-likeness (QED) is 0.930. The van der Waals surface area contributed by atoms with Gasteiger partial charge in [-0.15, -0.1) is 0 Å². The number of hydrogen-bond acceptors (Lipinski definition) is 3. The average Bonchev–Trinajstić information content (AvgIpc) is 3.20. The van der Waals surface area contributed by atoms with E-state index in [-0.39, 0.29) is 6.03 Å². The van der Waals surface area contributed by atoms with Crippen LogP contribution in [-0.4, -0.2) is 55.2 Å². The molecule has 2 fully saturated rings. The predicted octanol–water partition coefficient (Wildman–Crippen LogP) is 2.79. The van der Waals surface area contributed by atoms with E-state index in [1.807, 2.05) is 29.2 Å². The Morgan fingerprint density at radius 3 is 2.77 bits per heavy atom. The van der Waals surface area contributed by atoms with Crippen molar-refractivity contribution >= 4 is 11.7 Å². The number of nitrogens with zero attached hydrogens (tertiary/aromatic N) is 2. The SMILES string of the molecule is COc1ccccc1NC(=O)N1CCC[C@@H]1CN1CCCC1. The lowest BCUT2D eigenvalue weighted by Gasteiger charge is -2.28. The van der Waals surface area contributed by atoms with Gasteiger partial charge in [-0.3, -0.25) is 0 Å². The lowest BCUT2D eigenvalue weighted by molar-refractivity contribution is 0.186. The smallest absolute Gasteiger partial charge is 0.322 e. The van der Waals surface area contributed by atoms with Crippen molar-refractivity contribution in [3.63, 3.8) is 0 Å². The van der Waals surface area contributed by atoms with Gasteiger partial charge in [-0.25, -0.2) is 4.79 Å². The van der Waals surface area contributed by atoms with E-state index in [0.717, 1.165) is 31.6 Å². The molecule has 0 aromatic heterocycles. The van der Waals surface area contributed by atoms with Crippen LogP contribution in [0, 0.1) is 0 Å². The van der Waals surface area contributed by atoms with Crippen LogP contribution >= 0.6 is 0 Å². The molecule has 2 saturated heterocycles. The van der Waals surface area contributed by atoms with Crippen LogP contribution in [0.2, 0.25) is 0 Å². The van der Waals surface area contributed by atoms with Crippen LogP contribution in [0.5, 0.6) is 5.75 Å². The molecule has 2 heterocycles. The molecule has 22 heavy (non-hydrogen) atoms. The van der Waals surface area contributed by atoms with Gasteiger partial charge in [0.15, 0.2) is 0 Å². The molecule has 2 aliphatic heterocycles. The highest BCUT2D eigenvalue weighted by molar-refractivity contribution is 5.91. The Morgan fingerprint density at radius 2 is 2.00 bits per heavy atom. The summed E-state index contributed by atoms with van der Waals surface area (Å²) < 4.78 is 5.30. The lowest BCUT2D eigenvalue weighted by atomic mass is 10.2. The van der Waals surface area contributed by atoms with Gasteiger partial charge in [-0.05, 0) is 50.9 Å². The Morgan fingerprint density at radius 1 is 1.23 bits per heavy atom. The van der Waals surface area contributed by atoms with Gasteiger partial charge in [0.05, 0.1) is 12.8 Å². The van der Waals surface area contributed by atoms with Crippen molar-refractivity contribution < 1.29 is 9.53 Å². The number of amides is 2. The van der Waals surface area contributed by atoms with Crippen molar-refractivity contribution in [1.29, 1.82) is 0 Å². The first-order valence-electron chi connectivity index (χ1n) is 8.21. The predicted molar refractivity (Wildman–Crippen MR) is 87.4 cm³/mol. The summed E-state index contributed by atoms with van der Waals surface area (Å²) in [5.41, 5.74) is 0.738. The standard InChI is InChI=1S/C17H25N3O2/c1-22-16-9-3-2-8-15(16)18-17(21)20-12-6-7-14(20)13-19-10-4-5-11-19/h2-3,8-9,14H,4-7,10-13H2,1H3,(H,18,21)/t14-/m1/s1. The normalized spacial score (nSPS) is 22.0. The number of carbonyl (C=O) groups is 1. The van der Waals surface area contributed by atoms with Crippen molar-refractivity contribution in [3.8, 4) is 5.75 Å². The topological polar surface area (TPSA) is 44.8 Å². The molecule has 0 unspecified atom stereocenters. The Kier molecular flexibility index (Phi) is 4.83. The summed E-state index contributed by atoms with van der Waals surface area (Å²) >= 11 is 0. The Balaban J connectivity index is 1.62. The number of ether oxygens (including phenoxy) is 1. The summed E-state index contributed by atoms with van der Waals surface area (Å²) in [6, 6.07) is 7.88. The van der Waals surface area contributed by atoms with Crippen LogP contribution < -0.4 is 10.1 Å². The van der Waals surface area contributed by atoms with Crippen molar-refractivity contribution in [2.24, 2.45) is 0 Å². The number of anilines is 1. The highest BCUT2D eigenvalue weighted by Gasteiger charge is 2.31. The van der Waals surface area contributed by atoms with Crippen LogP contribution in [0.1, 0.15) is 25.7 Å². The first kappa shape index (κ1) is 15.2. The van der Waals surface area contributed by atoms with E-state index in [2.05, 4.69) is 10.2 Å². The maximum Gasteiger partial charge on any atom is 0.322 e. The van der Waals surface area contributed by atoms with Crippen LogP contribution in [0.15, 0.2) is 24.3 Å². The van der Waals surface area contributed by atoms with Crippen molar-refractivity contribution in [3.05, 3.63) is 24.3 Å². The summed E-state index contributed by atoms with van der Waals surface area (Å²) in [5, 5.41) is 3.00. The largest absolute Gasteiger partial charge is 0.495 e. The molecule has 5 heteroatoms. The molecule has 2 amide bonds. The third-order valence-corrected chi connectivity index (χ3v) is 4.65. The zero-order chi connectivity index (χ0) is 15.4. The Hall–Kier alpha value is -1.75. The van der Waals surface area contributed by atoms with Crippen LogP contribution in [0.25, 0.3) is 0 Å². The molecular formula is C17H25N3O2. The number of rotatable bonds is 4. The van der Waals surface area contributed by atoms with Gasteiger partial charge < -0.3 is 19.9 Å². The second-order valence-corrected chi connectivity index (χ2v) is 6.13. The average molecular weight is 303 g/mol. The van der Waals surface area contributed by atoms with Gasteiger partial charge in [0.25, 0.3) is 0 Å². The Labute approximate surface area is 132 Å². The summed E-state index contributed by atoms with van der Waals surface area (Å²) in [6.45, 7) is 4.22.